The summed E-state index contributed by atoms with van der Waals surface area (Å²) in [5.41, 5.74) is 1.68. The average molecular weight is 401 g/mol. The van der Waals surface area contributed by atoms with Crippen molar-refractivity contribution in [2.24, 2.45) is 0 Å². The standard InChI is InChI=1S/C26H28N2O2/c29-25(19-17-23-13-7-5-8-14-23)27-21-11-3-1-2-4-12-22-28-26(30)20-18-24-15-9-6-10-16-24/h5-10,13-16H,1-4,11-12,21-22H2,(H,27,29)(H,28,30). The molecule has 0 saturated carbocycles. The summed E-state index contributed by atoms with van der Waals surface area (Å²) in [5, 5.41) is 5.65. The Morgan fingerprint density at radius 1 is 0.567 bits per heavy atom. The van der Waals surface area contributed by atoms with Crippen LogP contribution in [0.2, 0.25) is 0 Å². The Labute approximate surface area is 179 Å². The number of carbonyl (C=O) groups is 2. The predicted molar refractivity (Wildman–Crippen MR) is 120 cm³/mol. The van der Waals surface area contributed by atoms with Crippen LogP contribution in [-0.4, -0.2) is 24.9 Å². The van der Waals surface area contributed by atoms with E-state index in [1.807, 2.05) is 60.7 Å². The number of hydrogen-bond acceptors (Lipinski definition) is 2. The Kier molecular flexibility index (Phi) is 11.0. The van der Waals surface area contributed by atoms with Gasteiger partial charge in [-0.05, 0) is 37.1 Å². The van der Waals surface area contributed by atoms with Crippen molar-refractivity contribution in [3.63, 3.8) is 0 Å². The number of unbranched alkanes of at least 4 members (excludes halogenated alkanes) is 5. The van der Waals surface area contributed by atoms with E-state index in [2.05, 4.69) is 34.3 Å². The van der Waals surface area contributed by atoms with E-state index in [1.54, 1.807) is 0 Å². The van der Waals surface area contributed by atoms with E-state index in [9.17, 15) is 9.59 Å². The number of benzene rings is 2. The van der Waals surface area contributed by atoms with Crippen LogP contribution in [0.15, 0.2) is 60.7 Å². The maximum Gasteiger partial charge on any atom is 0.296 e. The highest BCUT2D eigenvalue weighted by Gasteiger charge is 1.97. The summed E-state index contributed by atoms with van der Waals surface area (Å²) in [6, 6.07) is 19.0. The normalized spacial score (nSPS) is 9.47. The molecule has 0 heterocycles. The van der Waals surface area contributed by atoms with Crippen LogP contribution in [0, 0.1) is 23.7 Å². The van der Waals surface area contributed by atoms with Gasteiger partial charge in [-0.2, -0.15) is 0 Å². The molecule has 0 fully saturated rings. The zero-order valence-electron chi connectivity index (χ0n) is 17.2. The average Bonchev–Trinajstić information content (AvgIpc) is 2.79. The molecule has 0 radical (unpaired) electrons. The van der Waals surface area contributed by atoms with Crippen LogP contribution in [0.25, 0.3) is 0 Å². The number of carbonyl (C=O) groups excluding carboxylic acids is 2. The van der Waals surface area contributed by atoms with Gasteiger partial charge in [-0.25, -0.2) is 0 Å². The Bertz CT molecular complexity index is 823. The van der Waals surface area contributed by atoms with E-state index in [0.717, 1.165) is 49.7 Å². The van der Waals surface area contributed by atoms with Crippen LogP contribution < -0.4 is 10.6 Å². The first-order valence-corrected chi connectivity index (χ1v) is 10.4. The summed E-state index contributed by atoms with van der Waals surface area (Å²) >= 11 is 0. The Balaban J connectivity index is 1.42. The molecule has 0 aliphatic heterocycles. The molecule has 0 atom stereocenters. The number of hydrogen-bond donors (Lipinski definition) is 2. The van der Waals surface area contributed by atoms with Gasteiger partial charge < -0.3 is 10.6 Å². The van der Waals surface area contributed by atoms with Gasteiger partial charge in [0.1, 0.15) is 0 Å². The summed E-state index contributed by atoms with van der Waals surface area (Å²) in [7, 11) is 0. The molecule has 154 valence electrons. The van der Waals surface area contributed by atoms with Crippen molar-refractivity contribution >= 4 is 11.8 Å². The van der Waals surface area contributed by atoms with E-state index in [-0.39, 0.29) is 11.8 Å². The van der Waals surface area contributed by atoms with E-state index < -0.39 is 0 Å². The van der Waals surface area contributed by atoms with Crippen LogP contribution in [0.3, 0.4) is 0 Å². The molecule has 2 amide bonds. The highest BCUT2D eigenvalue weighted by Crippen LogP contribution is 2.04. The van der Waals surface area contributed by atoms with Gasteiger partial charge in [0.2, 0.25) is 0 Å². The van der Waals surface area contributed by atoms with Crippen molar-refractivity contribution < 1.29 is 9.59 Å². The smallest absolute Gasteiger partial charge is 0.296 e. The maximum atomic E-state index is 11.7. The van der Waals surface area contributed by atoms with Crippen molar-refractivity contribution in [1.82, 2.24) is 10.6 Å². The lowest BCUT2D eigenvalue weighted by Crippen LogP contribution is -2.22. The zero-order valence-corrected chi connectivity index (χ0v) is 17.2. The third-order valence-corrected chi connectivity index (χ3v) is 4.36. The van der Waals surface area contributed by atoms with E-state index >= 15 is 0 Å². The lowest BCUT2D eigenvalue weighted by atomic mass is 10.1. The first-order chi connectivity index (χ1) is 14.7. The molecule has 4 heteroatoms. The van der Waals surface area contributed by atoms with Gasteiger partial charge in [0.05, 0.1) is 0 Å². The summed E-state index contributed by atoms with van der Waals surface area (Å²) in [6.45, 7) is 1.30. The quantitative estimate of drug-likeness (QED) is 0.499. The Hall–Kier alpha value is -3.50. The molecular formula is C26H28N2O2. The zero-order chi connectivity index (χ0) is 21.3. The topological polar surface area (TPSA) is 58.2 Å². The van der Waals surface area contributed by atoms with Crippen LogP contribution in [-0.2, 0) is 9.59 Å². The van der Waals surface area contributed by atoms with Gasteiger partial charge in [0, 0.05) is 36.1 Å². The lowest BCUT2D eigenvalue weighted by Gasteiger charge is -2.03. The molecule has 0 aliphatic rings. The van der Waals surface area contributed by atoms with Crippen LogP contribution in [0.4, 0.5) is 0 Å². The predicted octanol–water partition coefficient (Wildman–Crippen LogP) is 3.66. The van der Waals surface area contributed by atoms with Gasteiger partial charge in [0.15, 0.2) is 0 Å². The van der Waals surface area contributed by atoms with E-state index in [4.69, 9.17) is 0 Å². The van der Waals surface area contributed by atoms with Crippen LogP contribution in [0.5, 0.6) is 0 Å². The van der Waals surface area contributed by atoms with Crippen molar-refractivity contribution in [1.29, 1.82) is 0 Å². The summed E-state index contributed by atoms with van der Waals surface area (Å²) in [4.78, 5) is 23.4. The SMILES string of the molecule is O=C(C#Cc1ccccc1)NCCCCCCCCNC(=O)C#Cc1ccccc1. The van der Waals surface area contributed by atoms with Crippen LogP contribution >= 0.6 is 0 Å². The highest BCUT2D eigenvalue weighted by atomic mass is 16.2. The fraction of sp³-hybridized carbons (Fsp3) is 0.308. The molecule has 0 aromatic heterocycles. The van der Waals surface area contributed by atoms with Crippen molar-refractivity contribution in [2.75, 3.05) is 13.1 Å². The first-order valence-electron chi connectivity index (χ1n) is 10.4. The second kappa shape index (κ2) is 14.5. The van der Waals surface area contributed by atoms with Crippen molar-refractivity contribution in [2.45, 2.75) is 38.5 Å². The fourth-order valence-corrected chi connectivity index (χ4v) is 2.75. The first kappa shape index (κ1) is 22.8. The largest absolute Gasteiger partial charge is 0.345 e. The molecule has 0 spiro atoms. The second-order valence-electron chi connectivity index (χ2n) is 6.87. The fourth-order valence-electron chi connectivity index (χ4n) is 2.75. The molecule has 2 aromatic rings. The minimum absolute atomic E-state index is 0.232. The molecule has 0 aliphatic carbocycles. The molecule has 0 bridgehead atoms. The summed E-state index contributed by atoms with van der Waals surface area (Å²) < 4.78 is 0. The van der Waals surface area contributed by atoms with Gasteiger partial charge in [0.25, 0.3) is 11.8 Å². The molecular weight excluding hydrogens is 372 g/mol. The molecule has 30 heavy (non-hydrogen) atoms. The molecule has 0 unspecified atom stereocenters. The van der Waals surface area contributed by atoms with Gasteiger partial charge in [-0.3, -0.25) is 9.59 Å². The van der Waals surface area contributed by atoms with Gasteiger partial charge >= 0.3 is 0 Å². The molecule has 4 nitrogen and oxygen atoms in total. The van der Waals surface area contributed by atoms with E-state index in [1.165, 1.54) is 0 Å². The molecule has 2 aromatic carbocycles. The summed E-state index contributed by atoms with van der Waals surface area (Å²) in [5.74, 6) is 10.4. The van der Waals surface area contributed by atoms with E-state index in [0.29, 0.717) is 13.1 Å². The molecule has 2 N–H and O–H groups in total. The molecule has 0 saturated heterocycles. The third-order valence-electron chi connectivity index (χ3n) is 4.36. The Morgan fingerprint density at radius 3 is 1.33 bits per heavy atom. The second-order valence-corrected chi connectivity index (χ2v) is 6.87. The van der Waals surface area contributed by atoms with Crippen molar-refractivity contribution in [3.8, 4) is 23.7 Å². The number of rotatable bonds is 9. The highest BCUT2D eigenvalue weighted by molar-refractivity contribution is 5.94. The van der Waals surface area contributed by atoms with Crippen molar-refractivity contribution in [3.05, 3.63) is 71.8 Å². The maximum absolute atomic E-state index is 11.7. The lowest BCUT2D eigenvalue weighted by molar-refractivity contribution is -0.116. The van der Waals surface area contributed by atoms with Gasteiger partial charge in [-0.15, -0.1) is 0 Å². The van der Waals surface area contributed by atoms with Gasteiger partial charge in [-0.1, -0.05) is 73.9 Å². The Morgan fingerprint density at radius 2 is 0.933 bits per heavy atom. The number of nitrogens with one attached hydrogen (secondary N) is 2. The minimum Gasteiger partial charge on any atom is -0.345 e. The van der Waals surface area contributed by atoms with Crippen LogP contribution in [0.1, 0.15) is 49.7 Å². The monoisotopic (exact) mass is 400 g/mol. The molecule has 2 rings (SSSR count). The third kappa shape index (κ3) is 10.7. The minimum atomic E-state index is -0.232. The summed E-state index contributed by atoms with van der Waals surface area (Å²) in [6.07, 6.45) is 6.28. The number of amides is 2.